The molecule has 0 spiro atoms. The number of rotatable bonds is 6. The molecule has 6 nitrogen and oxygen atoms in total. The van der Waals surface area contributed by atoms with E-state index in [0.29, 0.717) is 12.4 Å². The first-order chi connectivity index (χ1) is 13.4. The molecule has 1 amide bonds. The van der Waals surface area contributed by atoms with Gasteiger partial charge in [-0.3, -0.25) is 9.69 Å². The Hall–Kier alpha value is -2.65. The summed E-state index contributed by atoms with van der Waals surface area (Å²) in [5.74, 6) is -0.0513. The van der Waals surface area contributed by atoms with Gasteiger partial charge in [0.25, 0.3) is 5.91 Å². The molecule has 2 N–H and O–H groups in total. The lowest BCUT2D eigenvalue weighted by Crippen LogP contribution is -2.39. The number of amides is 1. The monoisotopic (exact) mass is 394 g/mol. The van der Waals surface area contributed by atoms with Crippen LogP contribution in [0, 0.1) is 0 Å². The minimum Gasteiger partial charge on any atom is -0.379 e. The topological polar surface area (TPSA) is 66.5 Å². The number of nitrogens with one attached hydrogen (secondary N) is 2. The van der Waals surface area contributed by atoms with Gasteiger partial charge in [-0.2, -0.15) is 13.2 Å². The highest BCUT2D eigenvalue weighted by Gasteiger charge is 2.33. The van der Waals surface area contributed by atoms with Crippen LogP contribution < -0.4 is 10.6 Å². The van der Waals surface area contributed by atoms with Gasteiger partial charge in [-0.1, -0.05) is 12.1 Å². The third kappa shape index (κ3) is 5.43. The number of alkyl halides is 3. The number of benzene rings is 1. The number of carbonyl (C=O) groups is 1. The van der Waals surface area contributed by atoms with Crippen LogP contribution in [0.15, 0.2) is 42.6 Å². The molecule has 1 aliphatic rings. The van der Waals surface area contributed by atoms with Crippen LogP contribution in [0.3, 0.4) is 0 Å². The van der Waals surface area contributed by atoms with E-state index in [1.165, 1.54) is 30.5 Å². The lowest BCUT2D eigenvalue weighted by Gasteiger charge is -2.26. The summed E-state index contributed by atoms with van der Waals surface area (Å²) in [6.07, 6.45) is -3.21. The molecule has 0 atom stereocenters. The van der Waals surface area contributed by atoms with E-state index in [1.807, 2.05) is 0 Å². The Balaban J connectivity index is 1.55. The Bertz CT molecular complexity index is 791. The molecular formula is C19H21F3N4O2. The number of aromatic nitrogens is 1. The van der Waals surface area contributed by atoms with Gasteiger partial charge in [0.2, 0.25) is 0 Å². The summed E-state index contributed by atoms with van der Waals surface area (Å²) in [7, 11) is 0. The maximum atomic E-state index is 13.0. The van der Waals surface area contributed by atoms with E-state index in [4.69, 9.17) is 4.74 Å². The van der Waals surface area contributed by atoms with Crippen LogP contribution in [0.5, 0.6) is 0 Å². The SMILES string of the molecule is O=C(Nc1ccccc1C(F)(F)F)c1ccc(NCCN2CCOCC2)nc1. The first-order valence-corrected chi connectivity index (χ1v) is 8.91. The van der Waals surface area contributed by atoms with Crippen LogP contribution in [0.1, 0.15) is 15.9 Å². The Morgan fingerprint density at radius 1 is 1.14 bits per heavy atom. The van der Waals surface area contributed by atoms with Crippen molar-refractivity contribution < 1.29 is 22.7 Å². The fourth-order valence-electron chi connectivity index (χ4n) is 2.83. The smallest absolute Gasteiger partial charge is 0.379 e. The number of anilines is 2. The normalized spacial score (nSPS) is 15.2. The van der Waals surface area contributed by atoms with Crippen molar-refractivity contribution in [3.8, 4) is 0 Å². The van der Waals surface area contributed by atoms with Crippen molar-refractivity contribution in [2.75, 3.05) is 50.0 Å². The van der Waals surface area contributed by atoms with Gasteiger partial charge in [-0.05, 0) is 24.3 Å². The van der Waals surface area contributed by atoms with Gasteiger partial charge < -0.3 is 15.4 Å². The van der Waals surface area contributed by atoms with E-state index >= 15 is 0 Å². The number of carbonyl (C=O) groups excluding carboxylic acids is 1. The van der Waals surface area contributed by atoms with Gasteiger partial charge in [0.15, 0.2) is 0 Å². The Morgan fingerprint density at radius 2 is 1.89 bits per heavy atom. The molecule has 1 aromatic carbocycles. The van der Waals surface area contributed by atoms with Gasteiger partial charge in [-0.15, -0.1) is 0 Å². The van der Waals surface area contributed by atoms with Gasteiger partial charge in [-0.25, -0.2) is 4.98 Å². The summed E-state index contributed by atoms with van der Waals surface area (Å²) in [6, 6.07) is 8.01. The minimum absolute atomic E-state index is 0.177. The molecule has 2 heterocycles. The highest BCUT2D eigenvalue weighted by molar-refractivity contribution is 6.04. The molecule has 0 unspecified atom stereocenters. The predicted molar refractivity (Wildman–Crippen MR) is 99.4 cm³/mol. The highest BCUT2D eigenvalue weighted by Crippen LogP contribution is 2.34. The van der Waals surface area contributed by atoms with Crippen LogP contribution in [0.25, 0.3) is 0 Å². The Morgan fingerprint density at radius 3 is 2.57 bits per heavy atom. The van der Waals surface area contributed by atoms with Crippen LogP contribution in [0.4, 0.5) is 24.7 Å². The number of morpholine rings is 1. The third-order valence-corrected chi connectivity index (χ3v) is 4.34. The largest absolute Gasteiger partial charge is 0.418 e. The lowest BCUT2D eigenvalue weighted by atomic mass is 10.1. The molecule has 0 aliphatic carbocycles. The highest BCUT2D eigenvalue weighted by atomic mass is 19.4. The summed E-state index contributed by atoms with van der Waals surface area (Å²) in [5.41, 5.74) is -0.999. The second kappa shape index (κ2) is 9.03. The van der Waals surface area contributed by atoms with Gasteiger partial charge in [0.05, 0.1) is 30.0 Å². The van der Waals surface area contributed by atoms with E-state index in [1.54, 1.807) is 6.07 Å². The molecule has 150 valence electrons. The average Bonchev–Trinajstić information content (AvgIpc) is 2.69. The number of halogens is 3. The van der Waals surface area contributed by atoms with Crippen LogP contribution in [-0.4, -0.2) is 55.2 Å². The summed E-state index contributed by atoms with van der Waals surface area (Å²) >= 11 is 0. The molecule has 28 heavy (non-hydrogen) atoms. The quantitative estimate of drug-likeness (QED) is 0.788. The average molecular weight is 394 g/mol. The van der Waals surface area contributed by atoms with Crippen molar-refractivity contribution in [3.05, 3.63) is 53.7 Å². The zero-order chi connectivity index (χ0) is 20.0. The first-order valence-electron chi connectivity index (χ1n) is 8.91. The molecule has 1 saturated heterocycles. The van der Waals surface area contributed by atoms with E-state index in [0.717, 1.165) is 38.9 Å². The Labute approximate surface area is 160 Å². The molecule has 1 fully saturated rings. The minimum atomic E-state index is -4.55. The van der Waals surface area contributed by atoms with E-state index in [9.17, 15) is 18.0 Å². The van der Waals surface area contributed by atoms with Gasteiger partial charge in [0.1, 0.15) is 5.82 Å². The van der Waals surface area contributed by atoms with Crippen molar-refractivity contribution in [3.63, 3.8) is 0 Å². The molecule has 2 aromatic rings. The molecule has 1 aliphatic heterocycles. The van der Waals surface area contributed by atoms with Crippen LogP contribution in [0.2, 0.25) is 0 Å². The molecule has 9 heteroatoms. The van der Waals surface area contributed by atoms with Gasteiger partial charge >= 0.3 is 6.18 Å². The molecule has 0 bridgehead atoms. The number of para-hydroxylation sites is 1. The standard InChI is InChI=1S/C19H21F3N4O2/c20-19(21,22)15-3-1-2-4-16(15)25-18(27)14-5-6-17(24-13-14)23-7-8-26-9-11-28-12-10-26/h1-6,13H,7-12H2,(H,23,24)(H,25,27). The van der Waals surface area contributed by atoms with Crippen molar-refractivity contribution in [1.82, 2.24) is 9.88 Å². The maximum Gasteiger partial charge on any atom is 0.418 e. The maximum absolute atomic E-state index is 13.0. The zero-order valence-corrected chi connectivity index (χ0v) is 15.1. The predicted octanol–water partition coefficient (Wildman–Crippen LogP) is 3.10. The summed E-state index contributed by atoms with van der Waals surface area (Å²) in [5, 5.41) is 5.46. The lowest BCUT2D eigenvalue weighted by molar-refractivity contribution is -0.136. The molecular weight excluding hydrogens is 373 g/mol. The summed E-state index contributed by atoms with van der Waals surface area (Å²) in [4.78, 5) is 18.7. The van der Waals surface area contributed by atoms with E-state index < -0.39 is 17.6 Å². The zero-order valence-electron chi connectivity index (χ0n) is 15.1. The fourth-order valence-corrected chi connectivity index (χ4v) is 2.83. The van der Waals surface area contributed by atoms with Crippen LogP contribution in [-0.2, 0) is 10.9 Å². The van der Waals surface area contributed by atoms with E-state index in [-0.39, 0.29) is 11.3 Å². The Kier molecular flexibility index (Phi) is 6.48. The second-order valence-corrected chi connectivity index (χ2v) is 6.31. The second-order valence-electron chi connectivity index (χ2n) is 6.31. The van der Waals surface area contributed by atoms with Crippen LogP contribution >= 0.6 is 0 Å². The first kappa shape index (κ1) is 20.1. The summed E-state index contributed by atoms with van der Waals surface area (Å²) in [6.45, 7) is 4.80. The fraction of sp³-hybridized carbons (Fsp3) is 0.368. The van der Waals surface area contributed by atoms with Crippen molar-refractivity contribution in [2.45, 2.75) is 6.18 Å². The molecule has 1 aromatic heterocycles. The summed E-state index contributed by atoms with van der Waals surface area (Å²) < 4.78 is 44.4. The molecule has 0 saturated carbocycles. The number of hydrogen-bond donors (Lipinski definition) is 2. The van der Waals surface area contributed by atoms with E-state index in [2.05, 4.69) is 20.5 Å². The number of ether oxygens (including phenoxy) is 1. The third-order valence-electron chi connectivity index (χ3n) is 4.34. The van der Waals surface area contributed by atoms with Crippen molar-refractivity contribution in [1.29, 1.82) is 0 Å². The molecule has 3 rings (SSSR count). The number of pyridine rings is 1. The molecule has 0 radical (unpaired) electrons. The number of nitrogens with zero attached hydrogens (tertiary/aromatic N) is 2. The van der Waals surface area contributed by atoms with Crippen molar-refractivity contribution in [2.24, 2.45) is 0 Å². The number of hydrogen-bond acceptors (Lipinski definition) is 5. The van der Waals surface area contributed by atoms with Gasteiger partial charge in [0, 0.05) is 32.4 Å². The van der Waals surface area contributed by atoms with Crippen molar-refractivity contribution >= 4 is 17.4 Å².